The molecule has 0 aliphatic carbocycles. The fraction of sp³-hybridized carbons (Fsp3) is 0. The lowest BCUT2D eigenvalue weighted by molar-refractivity contribution is 0.468. The maximum absolute atomic E-state index is 10.6. The molecule has 1 rings (SSSR count). The molecule has 2 N–H and O–H groups in total. The van der Waals surface area contributed by atoms with Crippen LogP contribution < -0.4 is 0 Å². The third kappa shape index (κ3) is 1.82. The Kier molecular flexibility index (Phi) is 2.30. The molecule has 0 saturated heterocycles. The molecule has 0 spiro atoms. The van der Waals surface area contributed by atoms with Gasteiger partial charge in [-0.3, -0.25) is 4.55 Å². The molecule has 0 aliphatic rings. The summed E-state index contributed by atoms with van der Waals surface area (Å²) >= 11 is 0. The molecule has 6 nitrogen and oxygen atoms in total. The monoisotopic (exact) mass is 203 g/mol. The molecule has 0 radical (unpaired) electrons. The van der Waals surface area contributed by atoms with Gasteiger partial charge in [-0.05, 0) is 17.3 Å². The summed E-state index contributed by atoms with van der Waals surface area (Å²) in [5.74, 6) is -0.592. The largest absolute Gasteiger partial charge is 0.506 e. The summed E-state index contributed by atoms with van der Waals surface area (Å²) in [4.78, 5) is 9.40. The van der Waals surface area contributed by atoms with E-state index in [-0.39, 0.29) is 0 Å². The minimum absolute atomic E-state index is 0.592. The molecular formula is C6H5NO5S. The van der Waals surface area contributed by atoms with Crippen molar-refractivity contribution in [3.63, 3.8) is 0 Å². The van der Waals surface area contributed by atoms with E-state index in [1.807, 2.05) is 0 Å². The van der Waals surface area contributed by atoms with E-state index in [4.69, 9.17) is 9.66 Å². The van der Waals surface area contributed by atoms with Crippen LogP contribution in [-0.4, -0.2) is 18.1 Å². The van der Waals surface area contributed by atoms with Crippen molar-refractivity contribution in [2.24, 2.45) is 5.18 Å². The van der Waals surface area contributed by atoms with Crippen molar-refractivity contribution in [2.75, 3.05) is 0 Å². The molecule has 0 amide bonds. The summed E-state index contributed by atoms with van der Waals surface area (Å²) in [7, 11) is -4.52. The predicted octanol–water partition coefficient (Wildman–Crippen LogP) is 1.04. The second-order valence-electron chi connectivity index (χ2n) is 2.19. The van der Waals surface area contributed by atoms with Crippen LogP contribution in [0.1, 0.15) is 0 Å². The molecule has 0 saturated carbocycles. The maximum Gasteiger partial charge on any atom is 0.296 e. The molecule has 0 aliphatic heterocycles. The Morgan fingerprint density at radius 1 is 1.31 bits per heavy atom. The van der Waals surface area contributed by atoms with Crippen LogP contribution in [0.25, 0.3) is 0 Å². The van der Waals surface area contributed by atoms with E-state index in [1.54, 1.807) is 0 Å². The average molecular weight is 203 g/mol. The van der Waals surface area contributed by atoms with Crippen LogP contribution in [0, 0.1) is 4.91 Å². The van der Waals surface area contributed by atoms with Gasteiger partial charge in [-0.25, -0.2) is 0 Å². The summed E-state index contributed by atoms with van der Waals surface area (Å²) in [6.45, 7) is 0. The van der Waals surface area contributed by atoms with Crippen LogP contribution in [0.3, 0.4) is 0 Å². The number of hydrogen-bond donors (Lipinski definition) is 2. The number of rotatable bonds is 2. The quantitative estimate of drug-likeness (QED) is 0.551. The van der Waals surface area contributed by atoms with Crippen molar-refractivity contribution in [3.05, 3.63) is 23.1 Å². The van der Waals surface area contributed by atoms with Gasteiger partial charge in [0.15, 0.2) is 5.69 Å². The molecule has 0 aromatic heterocycles. The second kappa shape index (κ2) is 3.11. The Morgan fingerprint density at radius 2 is 1.92 bits per heavy atom. The lowest BCUT2D eigenvalue weighted by Crippen LogP contribution is -1.97. The molecular weight excluding hydrogens is 198 g/mol. The van der Waals surface area contributed by atoms with Gasteiger partial charge in [0.1, 0.15) is 10.6 Å². The summed E-state index contributed by atoms with van der Waals surface area (Å²) in [5, 5.41) is 11.3. The van der Waals surface area contributed by atoms with Crippen molar-refractivity contribution >= 4 is 15.8 Å². The standard InChI is InChI=1S/C6H5NO5S/c8-4-2-1-3-5(6(4)7-9)13(10,11)12/h1-3,8H,(H,10,11,12). The van der Waals surface area contributed by atoms with E-state index in [0.29, 0.717) is 0 Å². The van der Waals surface area contributed by atoms with E-state index in [2.05, 4.69) is 5.18 Å². The fourth-order valence-corrected chi connectivity index (χ4v) is 1.45. The van der Waals surface area contributed by atoms with Crippen molar-refractivity contribution < 1.29 is 18.1 Å². The van der Waals surface area contributed by atoms with Crippen LogP contribution in [0.5, 0.6) is 5.75 Å². The highest BCUT2D eigenvalue weighted by molar-refractivity contribution is 7.86. The first-order valence-corrected chi connectivity index (χ1v) is 4.53. The number of benzene rings is 1. The van der Waals surface area contributed by atoms with Crippen molar-refractivity contribution in [1.29, 1.82) is 0 Å². The van der Waals surface area contributed by atoms with Crippen LogP contribution >= 0.6 is 0 Å². The van der Waals surface area contributed by atoms with Gasteiger partial charge in [-0.15, -0.1) is 4.91 Å². The van der Waals surface area contributed by atoms with Gasteiger partial charge in [0.05, 0.1) is 0 Å². The van der Waals surface area contributed by atoms with E-state index in [0.717, 1.165) is 12.1 Å². The average Bonchev–Trinajstić information content (AvgIpc) is 2.02. The third-order valence-corrected chi connectivity index (χ3v) is 2.23. The molecule has 70 valence electrons. The predicted molar refractivity (Wildman–Crippen MR) is 43.4 cm³/mol. The van der Waals surface area contributed by atoms with E-state index < -0.39 is 26.5 Å². The van der Waals surface area contributed by atoms with Crippen molar-refractivity contribution in [1.82, 2.24) is 0 Å². The van der Waals surface area contributed by atoms with Gasteiger partial charge < -0.3 is 5.11 Å². The number of phenolic OH excluding ortho intramolecular Hbond substituents is 1. The Hall–Kier alpha value is -1.47. The SMILES string of the molecule is O=Nc1c(O)cccc1S(=O)(=O)O. The van der Waals surface area contributed by atoms with Gasteiger partial charge in [-0.2, -0.15) is 8.42 Å². The highest BCUT2D eigenvalue weighted by atomic mass is 32.2. The molecule has 7 heteroatoms. The molecule has 0 unspecified atom stereocenters. The van der Waals surface area contributed by atoms with Gasteiger partial charge in [0.25, 0.3) is 10.1 Å². The molecule has 0 heterocycles. The highest BCUT2D eigenvalue weighted by Crippen LogP contribution is 2.32. The first kappa shape index (κ1) is 9.62. The van der Waals surface area contributed by atoms with E-state index in [9.17, 15) is 13.3 Å². The summed E-state index contributed by atoms with van der Waals surface area (Å²) in [5.41, 5.74) is -0.690. The normalized spacial score (nSPS) is 11.2. The van der Waals surface area contributed by atoms with Gasteiger partial charge in [-0.1, -0.05) is 6.07 Å². The smallest absolute Gasteiger partial charge is 0.296 e. The fourth-order valence-electron chi connectivity index (χ4n) is 0.811. The maximum atomic E-state index is 10.6. The minimum atomic E-state index is -4.52. The first-order chi connectivity index (χ1) is 5.96. The highest BCUT2D eigenvalue weighted by Gasteiger charge is 2.18. The topological polar surface area (TPSA) is 104 Å². The van der Waals surface area contributed by atoms with Gasteiger partial charge in [0.2, 0.25) is 0 Å². The van der Waals surface area contributed by atoms with E-state index in [1.165, 1.54) is 6.07 Å². The zero-order valence-corrected chi connectivity index (χ0v) is 7.02. The number of nitroso groups, excluding NO2 is 1. The minimum Gasteiger partial charge on any atom is -0.506 e. The Labute approximate surface area is 73.5 Å². The number of phenols is 1. The van der Waals surface area contributed by atoms with Crippen molar-refractivity contribution in [3.8, 4) is 5.75 Å². The Bertz CT molecular complexity index is 438. The summed E-state index contributed by atoms with van der Waals surface area (Å²) in [6, 6.07) is 3.23. The lowest BCUT2D eigenvalue weighted by atomic mass is 10.3. The second-order valence-corrected chi connectivity index (χ2v) is 3.58. The van der Waals surface area contributed by atoms with Gasteiger partial charge in [0, 0.05) is 0 Å². The van der Waals surface area contributed by atoms with Crippen molar-refractivity contribution in [2.45, 2.75) is 4.90 Å². The zero-order valence-electron chi connectivity index (χ0n) is 6.21. The first-order valence-electron chi connectivity index (χ1n) is 3.09. The Morgan fingerprint density at radius 3 is 2.31 bits per heavy atom. The summed E-state index contributed by atoms with van der Waals surface area (Å²) < 4.78 is 29.8. The summed E-state index contributed by atoms with van der Waals surface area (Å²) in [6.07, 6.45) is 0. The number of hydrogen-bond acceptors (Lipinski definition) is 5. The van der Waals surface area contributed by atoms with Crippen LogP contribution in [-0.2, 0) is 10.1 Å². The molecule has 0 bridgehead atoms. The van der Waals surface area contributed by atoms with E-state index >= 15 is 0 Å². The Balaban J connectivity index is 3.56. The molecule has 1 aromatic rings. The van der Waals surface area contributed by atoms with Crippen LogP contribution in [0.4, 0.5) is 5.69 Å². The van der Waals surface area contributed by atoms with Crippen LogP contribution in [0.15, 0.2) is 28.3 Å². The molecule has 0 fully saturated rings. The molecule has 13 heavy (non-hydrogen) atoms. The van der Waals surface area contributed by atoms with Gasteiger partial charge >= 0.3 is 0 Å². The zero-order chi connectivity index (χ0) is 10.1. The van der Waals surface area contributed by atoms with Crippen LogP contribution in [0.2, 0.25) is 0 Å². The number of nitrogens with zero attached hydrogens (tertiary/aromatic N) is 1. The number of aromatic hydroxyl groups is 1. The molecule has 0 atom stereocenters. The molecule has 1 aromatic carbocycles. The third-order valence-electron chi connectivity index (χ3n) is 1.35. The lowest BCUT2D eigenvalue weighted by Gasteiger charge is -2.00.